The van der Waals surface area contributed by atoms with E-state index in [1.54, 1.807) is 0 Å². The third-order valence-electron chi connectivity index (χ3n) is 2.18. The first-order valence-corrected chi connectivity index (χ1v) is 4.03. The number of aliphatic hydroxyl groups excluding tert-OH is 4. The molecule has 1 saturated heterocycles. The van der Waals surface area contributed by atoms with Crippen LogP contribution in [0.3, 0.4) is 0 Å². The molecule has 72 valence electrons. The van der Waals surface area contributed by atoms with Crippen LogP contribution < -0.4 is 5.32 Å². The summed E-state index contributed by atoms with van der Waals surface area (Å²) < 4.78 is 0. The fourth-order valence-corrected chi connectivity index (χ4v) is 1.30. The van der Waals surface area contributed by atoms with Crippen molar-refractivity contribution in [3.05, 3.63) is 0 Å². The standard InChI is InChI=1S/C7H15NO4/c9-3-4-5(10)1-6(11)7(12)2-8-4/h4-12H,1-3H2/t4-,5+,6-,7+/m1/s1. The molecule has 0 aliphatic carbocycles. The molecule has 12 heavy (non-hydrogen) atoms. The van der Waals surface area contributed by atoms with E-state index >= 15 is 0 Å². The van der Waals surface area contributed by atoms with Gasteiger partial charge in [-0.25, -0.2) is 0 Å². The normalized spacial score (nSPS) is 44.0. The molecule has 4 atom stereocenters. The van der Waals surface area contributed by atoms with Crippen molar-refractivity contribution in [3.63, 3.8) is 0 Å². The zero-order valence-corrected chi connectivity index (χ0v) is 6.72. The lowest BCUT2D eigenvalue weighted by molar-refractivity contribution is 0.000841. The first-order valence-electron chi connectivity index (χ1n) is 4.03. The number of aliphatic hydroxyl groups is 4. The van der Waals surface area contributed by atoms with E-state index in [0.717, 1.165) is 0 Å². The van der Waals surface area contributed by atoms with Gasteiger partial charge in [0.25, 0.3) is 0 Å². The van der Waals surface area contributed by atoms with E-state index in [-0.39, 0.29) is 19.6 Å². The summed E-state index contributed by atoms with van der Waals surface area (Å²) in [5, 5.41) is 39.3. The summed E-state index contributed by atoms with van der Waals surface area (Å²) in [6.45, 7) is 0.00403. The summed E-state index contributed by atoms with van der Waals surface area (Å²) in [5.41, 5.74) is 0. The average molecular weight is 177 g/mol. The predicted octanol–water partition coefficient (Wildman–Crippen LogP) is -2.58. The third-order valence-corrected chi connectivity index (χ3v) is 2.18. The molecular formula is C7H15NO4. The lowest BCUT2D eigenvalue weighted by atomic mass is 10.1. The van der Waals surface area contributed by atoms with Crippen LogP contribution in [0.1, 0.15) is 6.42 Å². The number of rotatable bonds is 1. The van der Waals surface area contributed by atoms with Gasteiger partial charge in [-0.05, 0) is 0 Å². The Morgan fingerprint density at radius 2 is 1.75 bits per heavy atom. The molecule has 1 heterocycles. The van der Waals surface area contributed by atoms with Gasteiger partial charge >= 0.3 is 0 Å². The van der Waals surface area contributed by atoms with E-state index in [2.05, 4.69) is 5.32 Å². The predicted molar refractivity (Wildman–Crippen MR) is 41.5 cm³/mol. The SMILES string of the molecule is OC[C@H]1NC[C@H](O)[C@H](O)C[C@@H]1O. The Bertz CT molecular complexity index is 143. The van der Waals surface area contributed by atoms with Gasteiger partial charge in [-0.3, -0.25) is 0 Å². The number of hydrogen-bond acceptors (Lipinski definition) is 5. The fourth-order valence-electron chi connectivity index (χ4n) is 1.30. The van der Waals surface area contributed by atoms with Gasteiger partial charge in [0.2, 0.25) is 0 Å². The largest absolute Gasteiger partial charge is 0.395 e. The molecule has 5 heteroatoms. The molecule has 0 amide bonds. The van der Waals surface area contributed by atoms with Gasteiger partial charge in [0, 0.05) is 13.0 Å². The molecule has 0 unspecified atom stereocenters. The van der Waals surface area contributed by atoms with E-state index in [1.807, 2.05) is 0 Å². The van der Waals surface area contributed by atoms with E-state index in [0.29, 0.717) is 0 Å². The van der Waals surface area contributed by atoms with Crippen LogP contribution in [0, 0.1) is 0 Å². The minimum absolute atomic E-state index is 0.0966. The van der Waals surface area contributed by atoms with Gasteiger partial charge < -0.3 is 25.7 Å². The first kappa shape index (κ1) is 9.88. The highest BCUT2D eigenvalue weighted by Gasteiger charge is 2.29. The van der Waals surface area contributed by atoms with Gasteiger partial charge in [0.15, 0.2) is 0 Å². The van der Waals surface area contributed by atoms with Crippen molar-refractivity contribution < 1.29 is 20.4 Å². The Morgan fingerprint density at radius 1 is 1.08 bits per heavy atom. The van der Waals surface area contributed by atoms with Crippen LogP contribution in [-0.4, -0.2) is 57.9 Å². The summed E-state index contributed by atoms with van der Waals surface area (Å²) in [6, 6.07) is -0.447. The molecule has 0 saturated carbocycles. The second kappa shape index (κ2) is 4.15. The molecular weight excluding hydrogens is 162 g/mol. The molecule has 1 fully saturated rings. The Hall–Kier alpha value is -0.200. The van der Waals surface area contributed by atoms with E-state index in [9.17, 15) is 15.3 Å². The maximum absolute atomic E-state index is 9.34. The second-order valence-corrected chi connectivity index (χ2v) is 3.14. The van der Waals surface area contributed by atoms with Crippen LogP contribution in [0.25, 0.3) is 0 Å². The molecule has 5 nitrogen and oxygen atoms in total. The quantitative estimate of drug-likeness (QED) is 0.303. The lowest BCUT2D eigenvalue weighted by Crippen LogP contribution is -2.42. The van der Waals surface area contributed by atoms with Gasteiger partial charge in [-0.2, -0.15) is 0 Å². The van der Waals surface area contributed by atoms with Gasteiger partial charge in [0.1, 0.15) is 0 Å². The van der Waals surface area contributed by atoms with E-state index in [4.69, 9.17) is 5.11 Å². The van der Waals surface area contributed by atoms with Crippen LogP contribution in [0.2, 0.25) is 0 Å². The van der Waals surface area contributed by atoms with Crippen molar-refractivity contribution in [3.8, 4) is 0 Å². The minimum atomic E-state index is -0.913. The molecule has 0 aromatic heterocycles. The number of β-amino-alcohol motifs (C(OH)–C–C–N with tert-alkyl or cyclic N) is 1. The van der Waals surface area contributed by atoms with Crippen LogP contribution in [-0.2, 0) is 0 Å². The van der Waals surface area contributed by atoms with Crippen LogP contribution in [0.15, 0.2) is 0 Å². The Kier molecular flexibility index (Phi) is 3.42. The monoisotopic (exact) mass is 177 g/mol. The Morgan fingerprint density at radius 3 is 2.33 bits per heavy atom. The highest BCUT2D eigenvalue weighted by Crippen LogP contribution is 2.10. The molecule has 1 aliphatic heterocycles. The number of hydrogen-bond donors (Lipinski definition) is 5. The molecule has 5 N–H and O–H groups in total. The van der Waals surface area contributed by atoms with Crippen molar-refractivity contribution >= 4 is 0 Å². The van der Waals surface area contributed by atoms with Crippen molar-refractivity contribution in [1.29, 1.82) is 0 Å². The maximum Gasteiger partial charge on any atom is 0.0924 e. The van der Waals surface area contributed by atoms with Crippen molar-refractivity contribution in [1.82, 2.24) is 5.32 Å². The fraction of sp³-hybridized carbons (Fsp3) is 1.00. The van der Waals surface area contributed by atoms with Gasteiger partial charge in [-0.1, -0.05) is 0 Å². The Balaban J connectivity index is 2.53. The molecule has 1 aliphatic rings. The molecule has 0 spiro atoms. The highest BCUT2D eigenvalue weighted by atomic mass is 16.3. The molecule has 0 bridgehead atoms. The number of nitrogens with one attached hydrogen (secondary N) is 1. The zero-order valence-electron chi connectivity index (χ0n) is 6.72. The topological polar surface area (TPSA) is 93.0 Å². The summed E-state index contributed by atoms with van der Waals surface area (Å²) in [7, 11) is 0. The smallest absolute Gasteiger partial charge is 0.0924 e. The zero-order chi connectivity index (χ0) is 9.14. The van der Waals surface area contributed by atoms with Crippen LogP contribution in [0.4, 0.5) is 0 Å². The van der Waals surface area contributed by atoms with Crippen LogP contribution >= 0.6 is 0 Å². The Labute approximate surface area is 70.6 Å². The summed E-state index contributed by atoms with van der Waals surface area (Å²) >= 11 is 0. The van der Waals surface area contributed by atoms with Crippen LogP contribution in [0.5, 0.6) is 0 Å². The average Bonchev–Trinajstić information content (AvgIpc) is 2.14. The van der Waals surface area contributed by atoms with Crippen molar-refractivity contribution in [2.24, 2.45) is 0 Å². The molecule has 1 rings (SSSR count). The van der Waals surface area contributed by atoms with Gasteiger partial charge in [0.05, 0.1) is 31.0 Å². The molecule has 0 aromatic rings. The molecule has 0 radical (unpaired) electrons. The summed E-state index contributed by atoms with van der Waals surface area (Å²) in [5.74, 6) is 0. The van der Waals surface area contributed by atoms with Gasteiger partial charge in [-0.15, -0.1) is 0 Å². The molecule has 0 aromatic carbocycles. The first-order chi connectivity index (χ1) is 5.65. The third kappa shape index (κ3) is 2.15. The second-order valence-electron chi connectivity index (χ2n) is 3.14. The minimum Gasteiger partial charge on any atom is -0.395 e. The van der Waals surface area contributed by atoms with E-state index in [1.165, 1.54) is 0 Å². The van der Waals surface area contributed by atoms with Crippen molar-refractivity contribution in [2.75, 3.05) is 13.2 Å². The van der Waals surface area contributed by atoms with Crippen molar-refractivity contribution in [2.45, 2.75) is 30.8 Å². The highest BCUT2D eigenvalue weighted by molar-refractivity contribution is 4.86. The summed E-state index contributed by atoms with van der Waals surface area (Å²) in [6.07, 6.45) is -2.48. The van der Waals surface area contributed by atoms with E-state index < -0.39 is 24.4 Å². The maximum atomic E-state index is 9.34. The lowest BCUT2D eigenvalue weighted by Gasteiger charge is -2.18. The summed E-state index contributed by atoms with van der Waals surface area (Å²) in [4.78, 5) is 0.